The lowest BCUT2D eigenvalue weighted by atomic mass is 10.2. The number of thiophene rings is 1. The smallest absolute Gasteiger partial charge is 0.165 e. The molecular weight excluding hydrogens is 239 g/mol. The van der Waals surface area contributed by atoms with Crippen molar-refractivity contribution in [2.75, 3.05) is 6.61 Å². The van der Waals surface area contributed by atoms with Gasteiger partial charge in [0.05, 0.1) is 6.61 Å². The van der Waals surface area contributed by atoms with Gasteiger partial charge in [0.15, 0.2) is 11.6 Å². The Hall–Kier alpha value is -1.68. The van der Waals surface area contributed by atoms with Crippen molar-refractivity contribution in [1.82, 2.24) is 0 Å². The molecule has 0 atom stereocenters. The largest absolute Gasteiger partial charge is 0.490 e. The Bertz CT molecular complexity index is 494. The van der Waals surface area contributed by atoms with Crippen LogP contribution >= 0.6 is 11.3 Å². The molecule has 2 rings (SSSR count). The van der Waals surface area contributed by atoms with E-state index in [2.05, 4.69) is 0 Å². The third kappa shape index (κ3) is 3.14. The second-order valence-electron chi connectivity index (χ2n) is 3.49. The van der Waals surface area contributed by atoms with Crippen LogP contribution in [0, 0.1) is 5.82 Å². The zero-order chi connectivity index (χ0) is 12.1. The Morgan fingerprint density at radius 3 is 2.88 bits per heavy atom. The molecule has 0 saturated carbocycles. The average molecular weight is 250 g/mol. The first-order valence-corrected chi connectivity index (χ1v) is 6.07. The monoisotopic (exact) mass is 250 g/mol. The van der Waals surface area contributed by atoms with Crippen LogP contribution in [0.25, 0.3) is 0 Å². The van der Waals surface area contributed by atoms with Crippen molar-refractivity contribution >= 4 is 17.6 Å². The van der Waals surface area contributed by atoms with Crippen molar-refractivity contribution in [1.29, 1.82) is 0 Å². The van der Waals surface area contributed by atoms with Crippen molar-refractivity contribution in [2.24, 2.45) is 0 Å². The molecule has 17 heavy (non-hydrogen) atoms. The number of carbonyl (C=O) groups is 1. The molecule has 88 valence electrons. The standard InChI is InChI=1S/C13H11FO2S/c14-12-8-10(9-15)3-4-13(12)16-6-5-11-2-1-7-17-11/h1-4,7-9H,5-6H2. The normalized spacial score (nSPS) is 10.2. The second-order valence-corrected chi connectivity index (χ2v) is 4.52. The number of halogens is 1. The summed E-state index contributed by atoms with van der Waals surface area (Å²) in [7, 11) is 0. The van der Waals surface area contributed by atoms with Crippen LogP contribution in [0.3, 0.4) is 0 Å². The van der Waals surface area contributed by atoms with Crippen molar-refractivity contribution in [3.63, 3.8) is 0 Å². The molecular formula is C13H11FO2S. The minimum Gasteiger partial charge on any atom is -0.490 e. The van der Waals surface area contributed by atoms with Crippen molar-refractivity contribution < 1.29 is 13.9 Å². The van der Waals surface area contributed by atoms with Crippen LogP contribution in [0.1, 0.15) is 15.2 Å². The lowest BCUT2D eigenvalue weighted by molar-refractivity contribution is 0.112. The first-order chi connectivity index (χ1) is 8.29. The number of aldehydes is 1. The van der Waals surface area contributed by atoms with Gasteiger partial charge in [-0.05, 0) is 29.6 Å². The van der Waals surface area contributed by atoms with Gasteiger partial charge in [0, 0.05) is 16.9 Å². The molecule has 0 N–H and O–H groups in total. The van der Waals surface area contributed by atoms with Crippen molar-refractivity contribution in [3.05, 3.63) is 52.0 Å². The van der Waals surface area contributed by atoms with Gasteiger partial charge in [-0.1, -0.05) is 6.07 Å². The summed E-state index contributed by atoms with van der Waals surface area (Å²) in [4.78, 5) is 11.6. The molecule has 0 bridgehead atoms. The Morgan fingerprint density at radius 2 is 2.24 bits per heavy atom. The minimum atomic E-state index is -0.499. The lowest BCUT2D eigenvalue weighted by Crippen LogP contribution is -2.02. The summed E-state index contributed by atoms with van der Waals surface area (Å²) in [6, 6.07) is 8.18. The fourth-order valence-corrected chi connectivity index (χ4v) is 2.11. The average Bonchev–Trinajstić information content (AvgIpc) is 2.84. The Morgan fingerprint density at radius 1 is 1.35 bits per heavy atom. The molecule has 0 aliphatic rings. The summed E-state index contributed by atoms with van der Waals surface area (Å²) >= 11 is 1.65. The van der Waals surface area contributed by atoms with E-state index in [-0.39, 0.29) is 5.75 Å². The SMILES string of the molecule is O=Cc1ccc(OCCc2cccs2)c(F)c1. The van der Waals surface area contributed by atoms with E-state index in [0.717, 1.165) is 6.42 Å². The highest BCUT2D eigenvalue weighted by Gasteiger charge is 2.04. The molecule has 1 heterocycles. The van der Waals surface area contributed by atoms with Gasteiger partial charge in [-0.2, -0.15) is 0 Å². The quantitative estimate of drug-likeness (QED) is 0.761. The Balaban J connectivity index is 1.92. The number of rotatable bonds is 5. The molecule has 0 fully saturated rings. The van der Waals surface area contributed by atoms with Gasteiger partial charge in [0.2, 0.25) is 0 Å². The third-order valence-electron chi connectivity index (χ3n) is 2.28. The highest BCUT2D eigenvalue weighted by Crippen LogP contribution is 2.18. The van der Waals surface area contributed by atoms with Crippen LogP contribution in [0.5, 0.6) is 5.75 Å². The van der Waals surface area contributed by atoms with Gasteiger partial charge in [0.1, 0.15) is 6.29 Å². The Labute approximate surface area is 103 Å². The molecule has 1 aromatic heterocycles. The van der Waals surface area contributed by atoms with Crippen LogP contribution in [0.4, 0.5) is 4.39 Å². The molecule has 0 aliphatic carbocycles. The molecule has 4 heteroatoms. The van der Waals surface area contributed by atoms with Crippen LogP contribution in [-0.4, -0.2) is 12.9 Å². The lowest BCUT2D eigenvalue weighted by Gasteiger charge is -2.06. The summed E-state index contributed by atoms with van der Waals surface area (Å²) < 4.78 is 18.7. The molecule has 0 unspecified atom stereocenters. The summed E-state index contributed by atoms with van der Waals surface area (Å²) in [5, 5.41) is 1.99. The van der Waals surface area contributed by atoms with Crippen LogP contribution < -0.4 is 4.74 Å². The van der Waals surface area contributed by atoms with E-state index in [1.54, 1.807) is 11.3 Å². The van der Waals surface area contributed by atoms with E-state index in [0.29, 0.717) is 18.5 Å². The molecule has 0 spiro atoms. The van der Waals surface area contributed by atoms with Gasteiger partial charge in [-0.3, -0.25) is 4.79 Å². The molecule has 0 saturated heterocycles. The van der Waals surface area contributed by atoms with E-state index < -0.39 is 5.82 Å². The topological polar surface area (TPSA) is 26.3 Å². The molecule has 0 amide bonds. The van der Waals surface area contributed by atoms with Gasteiger partial charge in [-0.25, -0.2) is 4.39 Å². The molecule has 2 aromatic rings. The fraction of sp³-hybridized carbons (Fsp3) is 0.154. The highest BCUT2D eigenvalue weighted by molar-refractivity contribution is 7.09. The molecule has 0 aliphatic heterocycles. The number of hydrogen-bond donors (Lipinski definition) is 0. The van der Waals surface area contributed by atoms with E-state index in [9.17, 15) is 9.18 Å². The van der Waals surface area contributed by atoms with E-state index in [1.807, 2.05) is 17.5 Å². The van der Waals surface area contributed by atoms with E-state index in [4.69, 9.17) is 4.74 Å². The summed E-state index contributed by atoms with van der Waals surface area (Å²) in [6.07, 6.45) is 1.37. The Kier molecular flexibility index (Phi) is 3.88. The van der Waals surface area contributed by atoms with E-state index >= 15 is 0 Å². The zero-order valence-electron chi connectivity index (χ0n) is 9.06. The first kappa shape index (κ1) is 11.8. The number of hydrogen-bond acceptors (Lipinski definition) is 3. The number of benzene rings is 1. The van der Waals surface area contributed by atoms with Gasteiger partial charge >= 0.3 is 0 Å². The summed E-state index contributed by atoms with van der Waals surface area (Å²) in [6.45, 7) is 0.428. The van der Waals surface area contributed by atoms with Crippen LogP contribution in [0.2, 0.25) is 0 Å². The maximum absolute atomic E-state index is 13.4. The van der Waals surface area contributed by atoms with Gasteiger partial charge < -0.3 is 4.74 Å². The predicted molar refractivity (Wildman–Crippen MR) is 65.3 cm³/mol. The van der Waals surface area contributed by atoms with Crippen LogP contribution in [-0.2, 0) is 6.42 Å². The van der Waals surface area contributed by atoms with Crippen molar-refractivity contribution in [2.45, 2.75) is 6.42 Å². The number of carbonyl (C=O) groups excluding carboxylic acids is 1. The fourth-order valence-electron chi connectivity index (χ4n) is 1.42. The second kappa shape index (κ2) is 5.59. The maximum atomic E-state index is 13.4. The van der Waals surface area contributed by atoms with E-state index in [1.165, 1.54) is 23.1 Å². The highest BCUT2D eigenvalue weighted by atomic mass is 32.1. The zero-order valence-corrected chi connectivity index (χ0v) is 9.87. The molecule has 2 nitrogen and oxygen atoms in total. The molecule has 1 aromatic carbocycles. The predicted octanol–water partition coefficient (Wildman–Crippen LogP) is 3.32. The number of ether oxygens (including phenoxy) is 1. The van der Waals surface area contributed by atoms with Crippen molar-refractivity contribution in [3.8, 4) is 5.75 Å². The first-order valence-electron chi connectivity index (χ1n) is 5.19. The van der Waals surface area contributed by atoms with Gasteiger partial charge in [-0.15, -0.1) is 11.3 Å². The van der Waals surface area contributed by atoms with Crippen LogP contribution in [0.15, 0.2) is 35.7 Å². The van der Waals surface area contributed by atoms with Gasteiger partial charge in [0.25, 0.3) is 0 Å². The third-order valence-corrected chi connectivity index (χ3v) is 3.21. The minimum absolute atomic E-state index is 0.187. The summed E-state index contributed by atoms with van der Waals surface area (Å²) in [5.74, 6) is -0.312. The molecule has 0 radical (unpaired) electrons. The summed E-state index contributed by atoms with van der Waals surface area (Å²) in [5.41, 5.74) is 0.313. The maximum Gasteiger partial charge on any atom is 0.165 e.